The number of nitrogens with two attached hydrogens (primary N) is 1. The smallest absolute Gasteiger partial charge is 0.328 e. The Morgan fingerprint density at radius 2 is 2.08 bits per heavy atom. The summed E-state index contributed by atoms with van der Waals surface area (Å²) in [5.74, 6) is -0.421. The van der Waals surface area contributed by atoms with Crippen LogP contribution >= 0.6 is 0 Å². The lowest BCUT2D eigenvalue weighted by atomic mass is 10.1. The van der Waals surface area contributed by atoms with E-state index in [-0.39, 0.29) is 12.7 Å². The van der Waals surface area contributed by atoms with E-state index < -0.39 is 11.5 Å². The molecule has 0 aliphatic rings. The molecule has 2 N–H and O–H groups in total. The van der Waals surface area contributed by atoms with Crippen molar-refractivity contribution in [3.8, 4) is 0 Å². The van der Waals surface area contributed by atoms with Crippen LogP contribution in [-0.4, -0.2) is 30.8 Å². The molecule has 13 heavy (non-hydrogen) atoms. The predicted molar refractivity (Wildman–Crippen MR) is 50.3 cm³/mol. The van der Waals surface area contributed by atoms with Crippen molar-refractivity contribution in [2.75, 3.05) is 13.2 Å². The lowest BCUT2D eigenvalue weighted by molar-refractivity contribution is -0.151. The first kappa shape index (κ1) is 12.4. The molecule has 0 radical (unpaired) electrons. The SMILES string of the molecule is CCOC(=O)C(C)(N)COC(C)C. The quantitative estimate of drug-likeness (QED) is 0.646. The summed E-state index contributed by atoms with van der Waals surface area (Å²) in [5.41, 5.74) is 4.65. The minimum atomic E-state index is -1.04. The van der Waals surface area contributed by atoms with Gasteiger partial charge in [-0.2, -0.15) is 0 Å². The largest absolute Gasteiger partial charge is 0.465 e. The standard InChI is InChI=1S/C9H19NO3/c1-5-12-8(11)9(4,10)6-13-7(2)3/h7H,5-6,10H2,1-4H3. The second-order valence-corrected chi connectivity index (χ2v) is 3.50. The van der Waals surface area contributed by atoms with Crippen molar-refractivity contribution >= 4 is 5.97 Å². The fourth-order valence-corrected chi connectivity index (χ4v) is 0.695. The minimum absolute atomic E-state index is 0.0669. The van der Waals surface area contributed by atoms with Crippen LogP contribution in [0.25, 0.3) is 0 Å². The van der Waals surface area contributed by atoms with Gasteiger partial charge in [-0.25, -0.2) is 4.79 Å². The Labute approximate surface area is 79.4 Å². The van der Waals surface area contributed by atoms with Crippen LogP contribution in [0.15, 0.2) is 0 Å². The monoisotopic (exact) mass is 189 g/mol. The van der Waals surface area contributed by atoms with Crippen LogP contribution in [0.2, 0.25) is 0 Å². The molecule has 0 saturated carbocycles. The third-order valence-electron chi connectivity index (χ3n) is 1.46. The zero-order valence-corrected chi connectivity index (χ0v) is 8.79. The van der Waals surface area contributed by atoms with Gasteiger partial charge in [0.25, 0.3) is 0 Å². The highest BCUT2D eigenvalue weighted by atomic mass is 16.5. The molecule has 0 heterocycles. The molecule has 0 bridgehead atoms. The number of carbonyl (C=O) groups is 1. The number of esters is 1. The molecule has 0 aliphatic carbocycles. The Morgan fingerprint density at radius 1 is 1.54 bits per heavy atom. The normalized spacial score (nSPS) is 15.5. The molecule has 0 spiro atoms. The summed E-state index contributed by atoms with van der Waals surface area (Å²) in [6.45, 7) is 7.66. The molecule has 4 heteroatoms. The highest BCUT2D eigenvalue weighted by molar-refractivity contribution is 5.80. The Hall–Kier alpha value is -0.610. The van der Waals surface area contributed by atoms with E-state index in [1.807, 2.05) is 13.8 Å². The average Bonchev–Trinajstić information content (AvgIpc) is 2.01. The van der Waals surface area contributed by atoms with Gasteiger partial charge in [0, 0.05) is 0 Å². The molecule has 0 aromatic heterocycles. The van der Waals surface area contributed by atoms with E-state index in [1.165, 1.54) is 0 Å². The van der Waals surface area contributed by atoms with Crippen molar-refractivity contribution in [1.82, 2.24) is 0 Å². The first-order chi connectivity index (χ1) is 5.90. The lowest BCUT2D eigenvalue weighted by Crippen LogP contribution is -2.50. The van der Waals surface area contributed by atoms with Crippen molar-refractivity contribution in [2.45, 2.75) is 39.3 Å². The highest BCUT2D eigenvalue weighted by Crippen LogP contribution is 2.05. The van der Waals surface area contributed by atoms with Crippen LogP contribution in [0.4, 0.5) is 0 Å². The predicted octanol–water partition coefficient (Wildman–Crippen LogP) is 0.692. The highest BCUT2D eigenvalue weighted by Gasteiger charge is 2.30. The van der Waals surface area contributed by atoms with Crippen LogP contribution in [0.3, 0.4) is 0 Å². The molecule has 0 saturated heterocycles. The zero-order valence-electron chi connectivity index (χ0n) is 8.79. The van der Waals surface area contributed by atoms with Gasteiger partial charge in [0.2, 0.25) is 0 Å². The Balaban J connectivity index is 3.98. The van der Waals surface area contributed by atoms with E-state index in [2.05, 4.69) is 0 Å². The van der Waals surface area contributed by atoms with Gasteiger partial charge in [-0.05, 0) is 27.7 Å². The Kier molecular flexibility index (Phi) is 4.95. The van der Waals surface area contributed by atoms with Gasteiger partial charge in [-0.15, -0.1) is 0 Å². The van der Waals surface area contributed by atoms with E-state index >= 15 is 0 Å². The maximum Gasteiger partial charge on any atom is 0.328 e. The maximum atomic E-state index is 11.3. The van der Waals surface area contributed by atoms with Crippen molar-refractivity contribution in [3.63, 3.8) is 0 Å². The van der Waals surface area contributed by atoms with Crippen LogP contribution in [0, 0.1) is 0 Å². The number of hydrogen-bond donors (Lipinski definition) is 1. The first-order valence-corrected chi connectivity index (χ1v) is 4.48. The van der Waals surface area contributed by atoms with Gasteiger partial charge in [0.05, 0.1) is 19.3 Å². The molecule has 0 aliphatic heterocycles. The van der Waals surface area contributed by atoms with E-state index in [1.54, 1.807) is 13.8 Å². The van der Waals surface area contributed by atoms with Gasteiger partial charge < -0.3 is 15.2 Å². The summed E-state index contributed by atoms with van der Waals surface area (Å²) < 4.78 is 10.0. The van der Waals surface area contributed by atoms with Crippen molar-refractivity contribution in [1.29, 1.82) is 0 Å². The van der Waals surface area contributed by atoms with Gasteiger partial charge in [-0.1, -0.05) is 0 Å². The lowest BCUT2D eigenvalue weighted by Gasteiger charge is -2.23. The number of rotatable bonds is 5. The summed E-state index contributed by atoms with van der Waals surface area (Å²) in [6.07, 6.45) is 0.0669. The van der Waals surface area contributed by atoms with Gasteiger partial charge >= 0.3 is 5.97 Å². The number of carbonyl (C=O) groups excluding carboxylic acids is 1. The Morgan fingerprint density at radius 3 is 2.46 bits per heavy atom. The summed E-state index contributed by atoms with van der Waals surface area (Å²) in [6, 6.07) is 0. The van der Waals surface area contributed by atoms with E-state index in [0.29, 0.717) is 6.61 Å². The first-order valence-electron chi connectivity index (χ1n) is 4.48. The molecule has 0 amide bonds. The van der Waals surface area contributed by atoms with Gasteiger partial charge in [-0.3, -0.25) is 0 Å². The van der Waals surface area contributed by atoms with Crippen molar-refractivity contribution < 1.29 is 14.3 Å². The molecule has 1 unspecified atom stereocenters. The second kappa shape index (κ2) is 5.19. The average molecular weight is 189 g/mol. The number of ether oxygens (including phenoxy) is 2. The van der Waals surface area contributed by atoms with Crippen LogP contribution in [0.5, 0.6) is 0 Å². The minimum Gasteiger partial charge on any atom is -0.465 e. The molecule has 1 atom stereocenters. The third kappa shape index (κ3) is 4.85. The summed E-state index contributed by atoms with van der Waals surface area (Å²) in [5, 5.41) is 0. The third-order valence-corrected chi connectivity index (χ3v) is 1.46. The fourth-order valence-electron chi connectivity index (χ4n) is 0.695. The fraction of sp³-hybridized carbons (Fsp3) is 0.889. The van der Waals surface area contributed by atoms with Gasteiger partial charge in [0.15, 0.2) is 0 Å². The molecular formula is C9H19NO3. The molecule has 0 fully saturated rings. The molecule has 0 aromatic carbocycles. The van der Waals surface area contributed by atoms with Crippen LogP contribution in [-0.2, 0) is 14.3 Å². The molecule has 0 rings (SSSR count). The van der Waals surface area contributed by atoms with Crippen molar-refractivity contribution in [3.05, 3.63) is 0 Å². The summed E-state index contributed by atoms with van der Waals surface area (Å²) in [7, 11) is 0. The topological polar surface area (TPSA) is 61.5 Å². The van der Waals surface area contributed by atoms with Gasteiger partial charge in [0.1, 0.15) is 5.54 Å². The number of hydrogen-bond acceptors (Lipinski definition) is 4. The van der Waals surface area contributed by atoms with Crippen LogP contribution in [0.1, 0.15) is 27.7 Å². The molecular weight excluding hydrogens is 170 g/mol. The second-order valence-electron chi connectivity index (χ2n) is 3.50. The molecule has 4 nitrogen and oxygen atoms in total. The van der Waals surface area contributed by atoms with Crippen molar-refractivity contribution in [2.24, 2.45) is 5.73 Å². The summed E-state index contributed by atoms with van der Waals surface area (Å²) in [4.78, 5) is 11.3. The molecule has 0 aromatic rings. The van der Waals surface area contributed by atoms with Crippen LogP contribution < -0.4 is 5.73 Å². The maximum absolute atomic E-state index is 11.3. The van der Waals surface area contributed by atoms with E-state index in [0.717, 1.165) is 0 Å². The van der Waals surface area contributed by atoms with E-state index in [4.69, 9.17) is 15.2 Å². The summed E-state index contributed by atoms with van der Waals surface area (Å²) >= 11 is 0. The Bertz CT molecular complexity index is 166. The van der Waals surface area contributed by atoms with E-state index in [9.17, 15) is 4.79 Å². The zero-order chi connectivity index (χ0) is 10.5. The molecule has 78 valence electrons.